The van der Waals surface area contributed by atoms with Gasteiger partial charge >= 0.3 is 0 Å². The van der Waals surface area contributed by atoms with Crippen molar-refractivity contribution in [1.82, 2.24) is 10.2 Å². The first-order chi connectivity index (χ1) is 14.9. The van der Waals surface area contributed by atoms with Crippen molar-refractivity contribution >= 4 is 52.2 Å². The molecule has 3 amide bonds. The van der Waals surface area contributed by atoms with Crippen LogP contribution in [-0.2, 0) is 16.0 Å². The van der Waals surface area contributed by atoms with E-state index in [0.717, 1.165) is 28.8 Å². The van der Waals surface area contributed by atoms with Gasteiger partial charge in [-0.3, -0.25) is 19.3 Å². The summed E-state index contributed by atoms with van der Waals surface area (Å²) in [5.41, 5.74) is 3.01. The van der Waals surface area contributed by atoms with Gasteiger partial charge in [-0.2, -0.15) is 0 Å². The molecule has 0 radical (unpaired) electrons. The van der Waals surface area contributed by atoms with Crippen molar-refractivity contribution in [3.63, 3.8) is 0 Å². The highest BCUT2D eigenvalue weighted by atomic mass is 35.5. The Morgan fingerprint density at radius 1 is 1.19 bits per heavy atom. The predicted molar refractivity (Wildman–Crippen MR) is 124 cm³/mol. The second-order valence-electron chi connectivity index (χ2n) is 7.51. The number of hydrogen-bond acceptors (Lipinski definition) is 5. The fourth-order valence-corrected chi connectivity index (χ4v) is 4.86. The molecule has 0 aromatic heterocycles. The van der Waals surface area contributed by atoms with Crippen molar-refractivity contribution in [3.8, 4) is 0 Å². The minimum Gasteiger partial charge on any atom is -0.359 e. The van der Waals surface area contributed by atoms with Crippen molar-refractivity contribution < 1.29 is 14.4 Å². The Labute approximate surface area is 190 Å². The molecule has 31 heavy (non-hydrogen) atoms. The molecule has 6 nitrogen and oxygen atoms in total. The minimum atomic E-state index is -0.369. The lowest BCUT2D eigenvalue weighted by Gasteiger charge is -2.24. The summed E-state index contributed by atoms with van der Waals surface area (Å²) in [5.74, 6) is -0.506. The lowest BCUT2D eigenvalue weighted by molar-refractivity contribution is -0.124. The van der Waals surface area contributed by atoms with Crippen LogP contribution in [0.2, 0.25) is 5.02 Å². The van der Waals surface area contributed by atoms with Gasteiger partial charge in [0, 0.05) is 29.8 Å². The number of imide groups is 1. The van der Waals surface area contributed by atoms with Crippen LogP contribution in [-0.4, -0.2) is 47.6 Å². The van der Waals surface area contributed by atoms with Crippen molar-refractivity contribution in [3.05, 3.63) is 69.6 Å². The zero-order chi connectivity index (χ0) is 22.0. The summed E-state index contributed by atoms with van der Waals surface area (Å²) in [6, 6.07) is 15.5. The first-order valence-electron chi connectivity index (χ1n) is 10.0. The fourth-order valence-electron chi connectivity index (χ4n) is 3.81. The maximum absolute atomic E-state index is 12.6. The van der Waals surface area contributed by atoms with E-state index >= 15 is 0 Å². The van der Waals surface area contributed by atoms with Crippen molar-refractivity contribution in [2.75, 3.05) is 24.5 Å². The van der Waals surface area contributed by atoms with E-state index in [1.165, 1.54) is 5.56 Å². The summed E-state index contributed by atoms with van der Waals surface area (Å²) >= 11 is 7.02. The zero-order valence-electron chi connectivity index (χ0n) is 17.0. The number of halogens is 1. The maximum atomic E-state index is 12.6. The van der Waals surface area contributed by atoms with Gasteiger partial charge in [-0.15, -0.1) is 0 Å². The smallest absolute Gasteiger partial charge is 0.293 e. The van der Waals surface area contributed by atoms with Gasteiger partial charge in [0.25, 0.3) is 11.1 Å². The van der Waals surface area contributed by atoms with Gasteiger partial charge in [0.1, 0.15) is 0 Å². The van der Waals surface area contributed by atoms with Crippen LogP contribution in [0, 0.1) is 0 Å². The second-order valence-corrected chi connectivity index (χ2v) is 8.91. The molecule has 4 rings (SSSR count). The second kappa shape index (κ2) is 9.16. The summed E-state index contributed by atoms with van der Waals surface area (Å²) in [6.45, 7) is 2.67. The molecular formula is C23H22ClN3O3S. The topological polar surface area (TPSA) is 69.7 Å². The number of benzene rings is 2. The number of fused-ring (bicyclic) bond motifs is 1. The number of carbonyl (C=O) groups excluding carboxylic acids is 3. The Balaban J connectivity index is 1.32. The van der Waals surface area contributed by atoms with Gasteiger partial charge in [0.05, 0.1) is 11.4 Å². The number of thioether (sulfide) groups is 1. The molecule has 0 bridgehead atoms. The Morgan fingerprint density at radius 3 is 2.74 bits per heavy atom. The van der Waals surface area contributed by atoms with Crippen LogP contribution >= 0.6 is 23.4 Å². The number of amides is 3. The van der Waals surface area contributed by atoms with E-state index in [9.17, 15) is 14.4 Å². The molecule has 2 heterocycles. The Hall–Kier alpha value is -2.77. The van der Waals surface area contributed by atoms with E-state index in [4.69, 9.17) is 11.6 Å². The van der Waals surface area contributed by atoms with Gasteiger partial charge in [-0.1, -0.05) is 48.0 Å². The Morgan fingerprint density at radius 2 is 1.94 bits per heavy atom. The Kier molecular flexibility index (Phi) is 6.34. The molecule has 0 saturated carbocycles. The van der Waals surface area contributed by atoms with Gasteiger partial charge < -0.3 is 10.2 Å². The molecule has 0 aliphatic carbocycles. The standard InChI is InChI=1S/C23H22ClN3O3S/c1-15-12-17-7-3-5-9-19(17)27(15)14-21(28)25-10-11-26-22(29)20(31-23(26)30)13-16-6-2-4-8-18(16)24/h2-9,13,15H,10-12,14H2,1H3,(H,25,28)/b20-13-/t15-/m1/s1. The Bertz CT molecular complexity index is 1070. The largest absolute Gasteiger partial charge is 0.359 e. The summed E-state index contributed by atoms with van der Waals surface area (Å²) in [6.07, 6.45) is 2.54. The average molecular weight is 456 g/mol. The molecule has 2 aliphatic rings. The number of carbonyl (C=O) groups is 3. The third-order valence-corrected chi connectivity index (χ3v) is 6.64. The molecule has 1 atom stereocenters. The predicted octanol–water partition coefficient (Wildman–Crippen LogP) is 3.94. The highest BCUT2D eigenvalue weighted by Crippen LogP contribution is 2.33. The number of anilines is 1. The summed E-state index contributed by atoms with van der Waals surface area (Å²) < 4.78 is 0. The number of nitrogens with one attached hydrogen (secondary N) is 1. The van der Waals surface area contributed by atoms with Crippen LogP contribution < -0.4 is 10.2 Å². The van der Waals surface area contributed by atoms with Gasteiger partial charge in [0.2, 0.25) is 5.91 Å². The summed E-state index contributed by atoms with van der Waals surface area (Å²) in [4.78, 5) is 40.9. The molecule has 2 aromatic carbocycles. The van der Waals surface area contributed by atoms with E-state index in [1.807, 2.05) is 24.3 Å². The van der Waals surface area contributed by atoms with Gasteiger partial charge in [0.15, 0.2) is 0 Å². The molecular weight excluding hydrogens is 434 g/mol. The monoisotopic (exact) mass is 455 g/mol. The number of rotatable bonds is 6. The normalized spacial score (nSPS) is 19.3. The molecule has 160 valence electrons. The summed E-state index contributed by atoms with van der Waals surface area (Å²) in [7, 11) is 0. The molecule has 2 aromatic rings. The van der Waals surface area contributed by atoms with Crippen molar-refractivity contribution in [2.24, 2.45) is 0 Å². The van der Waals surface area contributed by atoms with Gasteiger partial charge in [-0.25, -0.2) is 0 Å². The molecule has 8 heteroatoms. The maximum Gasteiger partial charge on any atom is 0.293 e. The van der Waals surface area contributed by atoms with Crippen LogP contribution in [0.4, 0.5) is 10.5 Å². The fraction of sp³-hybridized carbons (Fsp3) is 0.261. The lowest BCUT2D eigenvalue weighted by Crippen LogP contribution is -2.43. The number of para-hydroxylation sites is 1. The first kappa shape index (κ1) is 21.5. The van der Waals surface area contributed by atoms with Crippen LogP contribution in [0.5, 0.6) is 0 Å². The molecule has 1 saturated heterocycles. The highest BCUT2D eigenvalue weighted by molar-refractivity contribution is 8.18. The van der Waals surface area contributed by atoms with Gasteiger partial charge in [-0.05, 0) is 54.4 Å². The van der Waals surface area contributed by atoms with E-state index in [0.29, 0.717) is 15.5 Å². The highest BCUT2D eigenvalue weighted by Gasteiger charge is 2.35. The lowest BCUT2D eigenvalue weighted by atomic mass is 10.1. The minimum absolute atomic E-state index is 0.127. The third-order valence-electron chi connectivity index (χ3n) is 5.39. The molecule has 1 fully saturated rings. The molecule has 0 spiro atoms. The van der Waals surface area contributed by atoms with E-state index in [1.54, 1.807) is 24.3 Å². The summed E-state index contributed by atoms with van der Waals surface area (Å²) in [5, 5.41) is 2.99. The SMILES string of the molecule is C[C@@H]1Cc2ccccc2N1CC(=O)NCCN1C(=O)S/C(=C\c2ccccc2Cl)C1=O. The van der Waals surface area contributed by atoms with Crippen LogP contribution in [0.3, 0.4) is 0 Å². The van der Waals surface area contributed by atoms with Crippen LogP contribution in [0.1, 0.15) is 18.1 Å². The van der Waals surface area contributed by atoms with Crippen molar-refractivity contribution in [1.29, 1.82) is 0 Å². The van der Waals surface area contributed by atoms with E-state index in [-0.39, 0.29) is 42.7 Å². The molecule has 0 unspecified atom stereocenters. The van der Waals surface area contributed by atoms with Crippen molar-refractivity contribution in [2.45, 2.75) is 19.4 Å². The van der Waals surface area contributed by atoms with Crippen LogP contribution in [0.15, 0.2) is 53.4 Å². The number of hydrogen-bond donors (Lipinski definition) is 1. The van der Waals surface area contributed by atoms with Crippen LogP contribution in [0.25, 0.3) is 6.08 Å². The quantitative estimate of drug-likeness (QED) is 0.668. The molecule has 2 aliphatic heterocycles. The first-order valence-corrected chi connectivity index (χ1v) is 11.2. The van der Waals surface area contributed by atoms with E-state index in [2.05, 4.69) is 23.2 Å². The number of nitrogens with zero attached hydrogens (tertiary/aromatic N) is 2. The third kappa shape index (κ3) is 4.62. The average Bonchev–Trinajstić information content (AvgIpc) is 3.20. The zero-order valence-corrected chi connectivity index (χ0v) is 18.6. The molecule has 1 N–H and O–H groups in total. The van der Waals surface area contributed by atoms with E-state index < -0.39 is 0 Å².